The maximum Gasteiger partial charge on any atom is 0.416 e. The smallest absolute Gasteiger partial charge is 0.380 e. The number of thioether (sulfide) groups is 1. The summed E-state index contributed by atoms with van der Waals surface area (Å²) < 4.78 is 38.7. The van der Waals surface area contributed by atoms with E-state index in [2.05, 4.69) is 21.2 Å². The fourth-order valence-corrected chi connectivity index (χ4v) is 2.57. The fourth-order valence-electron chi connectivity index (χ4n) is 1.78. The third-order valence-corrected chi connectivity index (χ3v) is 4.37. The second-order valence-electron chi connectivity index (χ2n) is 4.39. The molecule has 112 valence electrons. The molecule has 0 bridgehead atoms. The molecule has 2 aromatic rings. The van der Waals surface area contributed by atoms with E-state index >= 15 is 0 Å². The van der Waals surface area contributed by atoms with Crippen molar-refractivity contribution in [2.24, 2.45) is 0 Å². The Morgan fingerprint density at radius 1 is 1.10 bits per heavy atom. The van der Waals surface area contributed by atoms with Gasteiger partial charge in [-0.25, -0.2) is 0 Å². The van der Waals surface area contributed by atoms with Crippen LogP contribution in [0.1, 0.15) is 11.1 Å². The predicted molar refractivity (Wildman–Crippen MR) is 84.7 cm³/mol. The molecule has 0 saturated heterocycles. The number of benzene rings is 2. The summed E-state index contributed by atoms with van der Waals surface area (Å²) in [6, 6.07) is 11.5. The summed E-state index contributed by atoms with van der Waals surface area (Å²) in [5, 5.41) is 3.03. The molecule has 0 spiro atoms. The Labute approximate surface area is 134 Å². The van der Waals surface area contributed by atoms with Crippen molar-refractivity contribution in [3.63, 3.8) is 0 Å². The molecule has 2 rings (SSSR count). The van der Waals surface area contributed by atoms with Crippen LogP contribution in [0.5, 0.6) is 0 Å². The van der Waals surface area contributed by atoms with Crippen molar-refractivity contribution in [3.05, 3.63) is 58.1 Å². The topological polar surface area (TPSA) is 12.0 Å². The summed E-state index contributed by atoms with van der Waals surface area (Å²) in [5.74, 6) is 0. The SMILES string of the molecule is CSc1ccc(CNc2cc(C(F)(F)F)ccc2Br)cc1. The van der Waals surface area contributed by atoms with E-state index in [-0.39, 0.29) is 0 Å². The minimum Gasteiger partial charge on any atom is -0.380 e. The lowest BCUT2D eigenvalue weighted by atomic mass is 10.2. The zero-order chi connectivity index (χ0) is 15.5. The van der Waals surface area contributed by atoms with E-state index in [0.717, 1.165) is 22.6 Å². The highest BCUT2D eigenvalue weighted by atomic mass is 79.9. The van der Waals surface area contributed by atoms with Crippen LogP contribution in [0.15, 0.2) is 51.8 Å². The summed E-state index contributed by atoms with van der Waals surface area (Å²) in [6.07, 6.45) is -2.34. The van der Waals surface area contributed by atoms with Gasteiger partial charge >= 0.3 is 6.18 Å². The lowest BCUT2D eigenvalue weighted by molar-refractivity contribution is -0.137. The van der Waals surface area contributed by atoms with Gasteiger partial charge in [0.2, 0.25) is 0 Å². The first-order chi connectivity index (χ1) is 9.90. The van der Waals surface area contributed by atoms with E-state index in [1.54, 1.807) is 11.8 Å². The molecule has 0 amide bonds. The summed E-state index contributed by atoms with van der Waals surface area (Å²) >= 11 is 4.91. The number of hydrogen-bond donors (Lipinski definition) is 1. The summed E-state index contributed by atoms with van der Waals surface area (Å²) in [6.45, 7) is 0.467. The van der Waals surface area contributed by atoms with Crippen LogP contribution in [0.4, 0.5) is 18.9 Å². The summed E-state index contributed by atoms with van der Waals surface area (Å²) in [4.78, 5) is 1.15. The molecule has 0 aliphatic heterocycles. The van der Waals surface area contributed by atoms with E-state index in [4.69, 9.17) is 0 Å². The van der Waals surface area contributed by atoms with Crippen molar-refractivity contribution in [1.82, 2.24) is 0 Å². The Hall–Kier alpha value is -1.14. The summed E-state index contributed by atoms with van der Waals surface area (Å²) in [5.41, 5.74) is 0.779. The van der Waals surface area contributed by atoms with Gasteiger partial charge in [0.15, 0.2) is 0 Å². The largest absolute Gasteiger partial charge is 0.416 e. The van der Waals surface area contributed by atoms with Crippen molar-refractivity contribution in [2.45, 2.75) is 17.6 Å². The monoisotopic (exact) mass is 375 g/mol. The van der Waals surface area contributed by atoms with Crippen LogP contribution in [0.3, 0.4) is 0 Å². The number of anilines is 1. The molecule has 6 heteroatoms. The van der Waals surface area contributed by atoms with Crippen LogP contribution in [-0.2, 0) is 12.7 Å². The first kappa shape index (κ1) is 16.2. The minimum atomic E-state index is -4.34. The zero-order valence-electron chi connectivity index (χ0n) is 11.2. The average Bonchev–Trinajstić information content (AvgIpc) is 2.45. The van der Waals surface area contributed by atoms with Gasteiger partial charge in [0.25, 0.3) is 0 Å². The fraction of sp³-hybridized carbons (Fsp3) is 0.200. The van der Waals surface area contributed by atoms with Crippen molar-refractivity contribution >= 4 is 33.4 Å². The van der Waals surface area contributed by atoms with Crippen molar-refractivity contribution < 1.29 is 13.2 Å². The van der Waals surface area contributed by atoms with Gasteiger partial charge in [-0.1, -0.05) is 12.1 Å². The van der Waals surface area contributed by atoms with Gasteiger partial charge in [0, 0.05) is 21.6 Å². The van der Waals surface area contributed by atoms with Gasteiger partial charge in [-0.3, -0.25) is 0 Å². The summed E-state index contributed by atoms with van der Waals surface area (Å²) in [7, 11) is 0. The van der Waals surface area contributed by atoms with Crippen molar-refractivity contribution in [1.29, 1.82) is 0 Å². The number of rotatable bonds is 4. The van der Waals surface area contributed by atoms with E-state index in [1.807, 2.05) is 30.5 Å². The third-order valence-electron chi connectivity index (χ3n) is 2.94. The number of nitrogens with one attached hydrogen (secondary N) is 1. The van der Waals surface area contributed by atoms with Crippen LogP contribution in [-0.4, -0.2) is 6.26 Å². The average molecular weight is 376 g/mol. The first-order valence-corrected chi connectivity index (χ1v) is 8.15. The molecule has 0 aromatic heterocycles. The van der Waals surface area contributed by atoms with Gasteiger partial charge in [-0.15, -0.1) is 11.8 Å². The van der Waals surface area contributed by atoms with E-state index in [1.165, 1.54) is 6.07 Å². The van der Waals surface area contributed by atoms with Crippen LogP contribution >= 0.6 is 27.7 Å². The standard InChI is InChI=1S/C15H13BrF3NS/c1-21-12-5-2-10(3-6-12)9-20-14-8-11(15(17,18)19)4-7-13(14)16/h2-8,20H,9H2,1H3. The molecule has 21 heavy (non-hydrogen) atoms. The van der Waals surface area contributed by atoms with Crippen LogP contribution in [0, 0.1) is 0 Å². The van der Waals surface area contributed by atoms with Crippen LogP contribution in [0.2, 0.25) is 0 Å². The van der Waals surface area contributed by atoms with Gasteiger partial charge in [0.05, 0.1) is 5.56 Å². The molecule has 2 aromatic carbocycles. The first-order valence-electron chi connectivity index (χ1n) is 6.13. The maximum atomic E-state index is 12.7. The van der Waals surface area contributed by atoms with E-state index < -0.39 is 11.7 Å². The molecule has 0 fully saturated rings. The molecular weight excluding hydrogens is 363 g/mol. The highest BCUT2D eigenvalue weighted by molar-refractivity contribution is 9.10. The molecular formula is C15H13BrF3NS. The molecule has 0 atom stereocenters. The molecule has 0 heterocycles. The molecule has 0 radical (unpaired) electrons. The normalized spacial score (nSPS) is 11.5. The van der Waals surface area contributed by atoms with E-state index in [0.29, 0.717) is 16.7 Å². The lowest BCUT2D eigenvalue weighted by Gasteiger charge is -2.13. The second kappa shape index (κ2) is 6.75. The molecule has 1 nitrogen and oxygen atoms in total. The Morgan fingerprint density at radius 2 is 1.76 bits per heavy atom. The highest BCUT2D eigenvalue weighted by Gasteiger charge is 2.30. The van der Waals surface area contributed by atoms with Crippen LogP contribution < -0.4 is 5.32 Å². The highest BCUT2D eigenvalue weighted by Crippen LogP contribution is 2.34. The van der Waals surface area contributed by atoms with Gasteiger partial charge in [-0.05, 0) is 58.1 Å². The van der Waals surface area contributed by atoms with Crippen LogP contribution in [0.25, 0.3) is 0 Å². The predicted octanol–water partition coefficient (Wildman–Crippen LogP) is 5.80. The van der Waals surface area contributed by atoms with Crippen molar-refractivity contribution in [3.8, 4) is 0 Å². The minimum absolute atomic E-state index is 0.429. The Balaban J connectivity index is 2.11. The Kier molecular flexibility index (Phi) is 5.22. The number of halogens is 4. The number of alkyl halides is 3. The zero-order valence-corrected chi connectivity index (χ0v) is 13.6. The van der Waals surface area contributed by atoms with Gasteiger partial charge < -0.3 is 5.32 Å². The third kappa shape index (κ3) is 4.41. The molecule has 0 aliphatic rings. The molecule has 0 saturated carbocycles. The van der Waals surface area contributed by atoms with Gasteiger partial charge in [-0.2, -0.15) is 13.2 Å². The second-order valence-corrected chi connectivity index (χ2v) is 6.13. The Bertz CT molecular complexity index is 611. The molecule has 0 aliphatic carbocycles. The van der Waals surface area contributed by atoms with Crippen molar-refractivity contribution in [2.75, 3.05) is 11.6 Å². The number of hydrogen-bond acceptors (Lipinski definition) is 2. The van der Waals surface area contributed by atoms with Gasteiger partial charge in [0.1, 0.15) is 0 Å². The lowest BCUT2D eigenvalue weighted by Crippen LogP contribution is -2.07. The van der Waals surface area contributed by atoms with E-state index in [9.17, 15) is 13.2 Å². The maximum absolute atomic E-state index is 12.7. The molecule has 1 N–H and O–H groups in total. The quantitative estimate of drug-likeness (QED) is 0.677. The Morgan fingerprint density at radius 3 is 2.33 bits per heavy atom. The molecule has 0 unspecified atom stereocenters.